The second-order valence-corrected chi connectivity index (χ2v) is 2.39. The number of carbonyl (C=O) groups is 1. The van der Waals surface area contributed by atoms with Gasteiger partial charge in [0.2, 0.25) is 5.91 Å². The van der Waals surface area contributed by atoms with Gasteiger partial charge in [-0.05, 0) is 18.0 Å². The van der Waals surface area contributed by atoms with Crippen molar-refractivity contribution in [1.29, 1.82) is 0 Å². The molecule has 3 nitrogen and oxygen atoms in total. The summed E-state index contributed by atoms with van der Waals surface area (Å²) in [6, 6.07) is -4.55. The third-order valence-electron chi connectivity index (χ3n) is 1.58. The number of pyridine rings is 1. The minimum absolute atomic E-state index is 0.0101. The summed E-state index contributed by atoms with van der Waals surface area (Å²) in [6.07, 6.45) is -5.23. The number of likely N-dealkylation sites (tertiary alicyclic amines) is 1. The van der Waals surface area contributed by atoms with Gasteiger partial charge in [-0.3, -0.25) is 9.78 Å². The predicted molar refractivity (Wildman–Crippen MR) is 49.0 cm³/mol. The number of hydrogen-bond acceptors (Lipinski definition) is 2. The molecule has 0 unspecified atom stereocenters. The van der Waals surface area contributed by atoms with Crippen LogP contribution in [0.1, 0.15) is 38.1 Å². The van der Waals surface area contributed by atoms with Crippen LogP contribution in [0.3, 0.4) is 0 Å². The highest BCUT2D eigenvalue weighted by Crippen LogP contribution is 2.30. The summed E-state index contributed by atoms with van der Waals surface area (Å²) >= 11 is 0. The van der Waals surface area contributed by atoms with Crippen molar-refractivity contribution in [2.75, 3.05) is 6.98 Å². The molecule has 1 atom stereocenters. The number of aromatic nitrogens is 1. The van der Waals surface area contributed by atoms with Gasteiger partial charge < -0.3 is 4.90 Å². The maximum Gasteiger partial charge on any atom is 0.222 e. The van der Waals surface area contributed by atoms with Crippen molar-refractivity contribution < 1.29 is 18.5 Å². The quantitative estimate of drug-likeness (QED) is 0.663. The fourth-order valence-electron chi connectivity index (χ4n) is 0.985. The molecule has 1 aromatic heterocycles. The maximum absolute atomic E-state index is 12.0. The summed E-state index contributed by atoms with van der Waals surface area (Å²) in [5, 5.41) is 0. The highest BCUT2D eigenvalue weighted by molar-refractivity contribution is 5.78. The summed E-state index contributed by atoms with van der Waals surface area (Å²) in [7, 11) is 0. The lowest BCUT2D eigenvalue weighted by Crippen LogP contribution is -2.22. The summed E-state index contributed by atoms with van der Waals surface area (Å²) < 4.78 is 76.9. The second-order valence-electron chi connectivity index (χ2n) is 2.39. The maximum atomic E-state index is 12.0. The van der Waals surface area contributed by atoms with E-state index in [4.69, 9.17) is 13.7 Å². The first-order valence-corrected chi connectivity index (χ1v) is 3.53. The lowest BCUT2D eigenvalue weighted by molar-refractivity contribution is -0.127. The SMILES string of the molecule is [2H]c1nc([2H])c([C@@]2([2H])N(C([2H])([2H])[2H])C(=O)CC2([2H])[2H])c([2H])c1[2H]. The number of hydrogen-bond donors (Lipinski definition) is 0. The number of amides is 1. The van der Waals surface area contributed by atoms with Crippen LogP contribution in [0, 0.1) is 0 Å². The average Bonchev–Trinajstić information content (AvgIpc) is 2.51. The molecule has 0 radical (unpaired) electrons. The van der Waals surface area contributed by atoms with Gasteiger partial charge in [-0.2, -0.15) is 0 Å². The van der Waals surface area contributed by atoms with E-state index in [1.807, 2.05) is 0 Å². The second kappa shape index (κ2) is 3.17. The van der Waals surface area contributed by atoms with E-state index in [2.05, 4.69) is 4.98 Å². The molecule has 0 N–H and O–H groups in total. The fraction of sp³-hybridized carbons (Fsp3) is 0.400. The Morgan fingerprint density at radius 3 is 3.77 bits per heavy atom. The molecular formula is C10H12N2O. The summed E-state index contributed by atoms with van der Waals surface area (Å²) in [5.74, 6) is -1.16. The van der Waals surface area contributed by atoms with Crippen LogP contribution in [0.2, 0.25) is 0 Å². The molecule has 3 heteroatoms. The van der Waals surface area contributed by atoms with Crippen molar-refractivity contribution in [3.63, 3.8) is 0 Å². The van der Waals surface area contributed by atoms with Gasteiger partial charge in [-0.15, -0.1) is 0 Å². The Morgan fingerprint density at radius 2 is 2.92 bits per heavy atom. The van der Waals surface area contributed by atoms with Crippen LogP contribution in [0.5, 0.6) is 0 Å². The highest BCUT2D eigenvalue weighted by Gasteiger charge is 2.28. The Hall–Kier alpha value is -1.38. The number of nitrogens with zero attached hydrogens (tertiary/aromatic N) is 2. The molecule has 1 amide bonds. The molecule has 2 heterocycles. The van der Waals surface area contributed by atoms with Crippen molar-refractivity contribution in [2.24, 2.45) is 0 Å². The smallest absolute Gasteiger partial charge is 0.222 e. The van der Waals surface area contributed by atoms with Crippen molar-refractivity contribution in [2.45, 2.75) is 18.8 Å². The third-order valence-corrected chi connectivity index (χ3v) is 1.58. The Bertz CT molecular complexity index is 687. The molecular weight excluding hydrogens is 164 g/mol. The van der Waals surface area contributed by atoms with Gasteiger partial charge in [-0.25, -0.2) is 0 Å². The highest BCUT2D eigenvalue weighted by atomic mass is 16.2. The molecule has 0 saturated carbocycles. The topological polar surface area (TPSA) is 33.2 Å². The van der Waals surface area contributed by atoms with Crippen LogP contribution >= 0.6 is 0 Å². The molecule has 0 aliphatic carbocycles. The largest absolute Gasteiger partial charge is 0.339 e. The van der Waals surface area contributed by atoms with Crippen LogP contribution in [0.4, 0.5) is 0 Å². The Balaban J connectivity index is 2.87. The standard InChI is InChI=1S/C10H12N2O/c1-12-9(4-5-10(12)13)8-3-2-6-11-7-8/h2-3,6-7,9H,4-5H2,1H3/t9-/m0/s1/i1D3,2D,3D,4D2,6D,7D,9D. The molecule has 68 valence electrons. The van der Waals surface area contributed by atoms with Crippen LogP contribution in [-0.2, 0) is 4.79 Å². The van der Waals surface area contributed by atoms with Crippen molar-refractivity contribution in [3.05, 3.63) is 30.0 Å². The van der Waals surface area contributed by atoms with Gasteiger partial charge >= 0.3 is 0 Å². The fourth-order valence-corrected chi connectivity index (χ4v) is 0.985. The predicted octanol–water partition coefficient (Wildman–Crippen LogP) is 1.37. The first kappa shape index (κ1) is 2.56. The lowest BCUT2D eigenvalue weighted by atomic mass is 10.1. The first-order chi connectivity index (χ1) is 10.2. The lowest BCUT2D eigenvalue weighted by Gasteiger charge is -2.19. The van der Waals surface area contributed by atoms with Crippen molar-refractivity contribution in [3.8, 4) is 0 Å². The van der Waals surface area contributed by atoms with E-state index < -0.39 is 61.7 Å². The minimum Gasteiger partial charge on any atom is -0.339 e. The van der Waals surface area contributed by atoms with E-state index in [1.165, 1.54) is 0 Å². The van der Waals surface area contributed by atoms with Gasteiger partial charge in [0.15, 0.2) is 0 Å². The molecule has 1 saturated heterocycles. The Labute approximate surface area is 91.4 Å². The van der Waals surface area contributed by atoms with E-state index in [1.54, 1.807) is 0 Å². The van der Waals surface area contributed by atoms with E-state index in [0.29, 0.717) is 0 Å². The molecule has 0 spiro atoms. The van der Waals surface area contributed by atoms with Crippen LogP contribution < -0.4 is 0 Å². The minimum atomic E-state index is -3.18. The van der Waals surface area contributed by atoms with Gasteiger partial charge in [-0.1, -0.05) is 6.04 Å². The van der Waals surface area contributed by atoms with Crippen LogP contribution in [-0.4, -0.2) is 22.8 Å². The van der Waals surface area contributed by atoms with E-state index in [-0.39, 0.29) is 4.90 Å². The number of rotatable bonds is 1. The summed E-state index contributed by atoms with van der Waals surface area (Å²) in [4.78, 5) is 15.3. The molecule has 1 aliphatic heterocycles. The molecule has 2 rings (SSSR count). The zero-order valence-corrected chi connectivity index (χ0v) is 6.51. The van der Waals surface area contributed by atoms with Gasteiger partial charge in [0.05, 0.1) is 12.9 Å². The van der Waals surface area contributed by atoms with Gasteiger partial charge in [0, 0.05) is 32.6 Å². The van der Waals surface area contributed by atoms with E-state index >= 15 is 0 Å². The van der Waals surface area contributed by atoms with Crippen LogP contribution in [0.15, 0.2) is 24.4 Å². The van der Waals surface area contributed by atoms with E-state index in [9.17, 15) is 4.79 Å². The third kappa shape index (κ3) is 1.41. The molecule has 1 aromatic rings. The van der Waals surface area contributed by atoms with Crippen molar-refractivity contribution in [1.82, 2.24) is 9.88 Å². The molecule has 13 heavy (non-hydrogen) atoms. The zero-order chi connectivity index (χ0) is 18.0. The first-order valence-electron chi connectivity index (χ1n) is 8.53. The molecule has 1 fully saturated rings. The molecule has 1 aliphatic rings. The Kier molecular flexibility index (Phi) is 0.624. The molecule has 0 bridgehead atoms. The zero-order valence-electron chi connectivity index (χ0n) is 16.5. The normalized spacial score (nSPS) is 44.0. The molecule has 0 aromatic carbocycles. The summed E-state index contributed by atoms with van der Waals surface area (Å²) in [5.41, 5.74) is -0.814. The van der Waals surface area contributed by atoms with Crippen LogP contribution in [0.25, 0.3) is 0 Å². The monoisotopic (exact) mass is 186 g/mol. The van der Waals surface area contributed by atoms with E-state index in [0.717, 1.165) is 0 Å². The average molecular weight is 186 g/mol. The number of carbonyl (C=O) groups excluding carboxylic acids is 1. The van der Waals surface area contributed by atoms with Gasteiger partial charge in [0.25, 0.3) is 0 Å². The summed E-state index contributed by atoms with van der Waals surface area (Å²) in [6.45, 7) is -3.18. The van der Waals surface area contributed by atoms with Gasteiger partial charge in [0.1, 0.15) is 0 Å². The Morgan fingerprint density at radius 1 is 2.00 bits per heavy atom. The van der Waals surface area contributed by atoms with Crippen molar-refractivity contribution >= 4 is 5.91 Å².